The lowest BCUT2D eigenvalue weighted by atomic mass is 9.92. The Labute approximate surface area is 123 Å². The number of hydrogen-bond donors (Lipinski definition) is 1. The number of nitrogens with zero attached hydrogens (tertiary/aromatic N) is 1. The lowest BCUT2D eigenvalue weighted by molar-refractivity contribution is 0.0566. The third-order valence-electron chi connectivity index (χ3n) is 4.07. The molecule has 3 nitrogen and oxygen atoms in total. The van der Waals surface area contributed by atoms with Crippen molar-refractivity contribution in [2.45, 2.75) is 32.7 Å². The summed E-state index contributed by atoms with van der Waals surface area (Å²) in [5.41, 5.74) is 7.56. The van der Waals surface area contributed by atoms with Gasteiger partial charge in [0.25, 0.3) is 5.91 Å². The van der Waals surface area contributed by atoms with Gasteiger partial charge in [0.1, 0.15) is 0 Å². The smallest absolute Gasteiger partial charge is 0.254 e. The van der Waals surface area contributed by atoms with Gasteiger partial charge in [-0.1, -0.05) is 22.0 Å². The Hall–Kier alpha value is -0.870. The van der Waals surface area contributed by atoms with Crippen LogP contribution in [0.4, 0.5) is 0 Å². The van der Waals surface area contributed by atoms with Gasteiger partial charge >= 0.3 is 0 Å². The van der Waals surface area contributed by atoms with Gasteiger partial charge in [0.05, 0.1) is 0 Å². The molecular formula is C15H21BrN2O. The number of carbonyl (C=O) groups is 1. The number of halogens is 1. The van der Waals surface area contributed by atoms with E-state index in [1.165, 1.54) is 0 Å². The molecule has 1 aromatic rings. The third-order valence-corrected chi connectivity index (χ3v) is 4.93. The lowest BCUT2D eigenvalue weighted by Gasteiger charge is -2.38. The standard InChI is InChI=1S/C15H21BrN2O/c1-10-6-7-12(8-17)9-18(10)15(19)13-4-3-5-14(16)11(13)2/h3-5,10,12H,6-9,17H2,1-2H3. The van der Waals surface area contributed by atoms with Gasteiger partial charge in [-0.05, 0) is 56.8 Å². The highest BCUT2D eigenvalue weighted by Gasteiger charge is 2.29. The fraction of sp³-hybridized carbons (Fsp3) is 0.533. The maximum absolute atomic E-state index is 12.7. The predicted molar refractivity (Wildman–Crippen MR) is 81.2 cm³/mol. The van der Waals surface area contributed by atoms with E-state index in [1.807, 2.05) is 30.0 Å². The van der Waals surface area contributed by atoms with E-state index < -0.39 is 0 Å². The first kappa shape index (κ1) is 14.5. The Morgan fingerprint density at radius 1 is 1.47 bits per heavy atom. The summed E-state index contributed by atoms with van der Waals surface area (Å²) in [4.78, 5) is 14.7. The van der Waals surface area contributed by atoms with Crippen LogP contribution in [0.25, 0.3) is 0 Å². The van der Waals surface area contributed by atoms with Crippen molar-refractivity contribution >= 4 is 21.8 Å². The molecule has 1 heterocycles. The van der Waals surface area contributed by atoms with Crippen molar-refractivity contribution in [3.8, 4) is 0 Å². The minimum absolute atomic E-state index is 0.129. The van der Waals surface area contributed by atoms with E-state index in [1.54, 1.807) is 0 Å². The predicted octanol–water partition coefficient (Wildman–Crippen LogP) is 2.96. The topological polar surface area (TPSA) is 46.3 Å². The average molecular weight is 325 g/mol. The van der Waals surface area contributed by atoms with Crippen LogP contribution >= 0.6 is 15.9 Å². The van der Waals surface area contributed by atoms with Gasteiger partial charge in [0.2, 0.25) is 0 Å². The van der Waals surface area contributed by atoms with E-state index in [-0.39, 0.29) is 5.91 Å². The summed E-state index contributed by atoms with van der Waals surface area (Å²) in [5, 5.41) is 0. The van der Waals surface area contributed by atoms with E-state index in [0.717, 1.165) is 35.0 Å². The minimum Gasteiger partial charge on any atom is -0.336 e. The number of amides is 1. The number of piperidine rings is 1. The molecule has 4 heteroatoms. The molecule has 1 aliphatic heterocycles. The minimum atomic E-state index is 0.129. The molecule has 0 spiro atoms. The summed E-state index contributed by atoms with van der Waals surface area (Å²) in [6.07, 6.45) is 2.17. The number of hydrogen-bond acceptors (Lipinski definition) is 2. The van der Waals surface area contributed by atoms with Gasteiger partial charge in [0, 0.05) is 22.6 Å². The molecule has 104 valence electrons. The number of rotatable bonds is 2. The molecule has 2 atom stereocenters. The molecule has 2 unspecified atom stereocenters. The van der Waals surface area contributed by atoms with E-state index >= 15 is 0 Å². The van der Waals surface area contributed by atoms with Crippen LogP contribution in [0.1, 0.15) is 35.7 Å². The molecule has 1 aliphatic rings. The van der Waals surface area contributed by atoms with E-state index in [2.05, 4.69) is 22.9 Å². The van der Waals surface area contributed by atoms with Crippen molar-refractivity contribution in [2.24, 2.45) is 11.7 Å². The SMILES string of the molecule is Cc1c(Br)cccc1C(=O)N1CC(CN)CCC1C. The Kier molecular flexibility index (Phi) is 4.63. The maximum atomic E-state index is 12.7. The number of carbonyl (C=O) groups excluding carboxylic acids is 1. The number of nitrogens with two attached hydrogens (primary N) is 1. The second kappa shape index (κ2) is 6.06. The van der Waals surface area contributed by atoms with Gasteiger partial charge in [-0.15, -0.1) is 0 Å². The van der Waals surface area contributed by atoms with Crippen LogP contribution in [0.2, 0.25) is 0 Å². The Morgan fingerprint density at radius 3 is 2.89 bits per heavy atom. The molecule has 0 radical (unpaired) electrons. The Morgan fingerprint density at radius 2 is 2.21 bits per heavy atom. The highest BCUT2D eigenvalue weighted by molar-refractivity contribution is 9.10. The van der Waals surface area contributed by atoms with Crippen molar-refractivity contribution < 1.29 is 4.79 Å². The zero-order valence-corrected chi connectivity index (χ0v) is 13.1. The largest absolute Gasteiger partial charge is 0.336 e. The van der Waals surface area contributed by atoms with Gasteiger partial charge in [-0.25, -0.2) is 0 Å². The van der Waals surface area contributed by atoms with Crippen molar-refractivity contribution in [3.63, 3.8) is 0 Å². The highest BCUT2D eigenvalue weighted by atomic mass is 79.9. The summed E-state index contributed by atoms with van der Waals surface area (Å²) < 4.78 is 0.985. The van der Waals surface area contributed by atoms with Crippen molar-refractivity contribution in [1.82, 2.24) is 4.90 Å². The first-order chi connectivity index (χ1) is 9.04. The maximum Gasteiger partial charge on any atom is 0.254 e. The lowest BCUT2D eigenvalue weighted by Crippen LogP contribution is -2.47. The molecule has 2 rings (SSSR count). The molecule has 19 heavy (non-hydrogen) atoms. The fourth-order valence-corrected chi connectivity index (χ4v) is 3.02. The first-order valence-corrected chi connectivity index (χ1v) is 7.60. The number of likely N-dealkylation sites (tertiary alicyclic amines) is 1. The summed E-state index contributed by atoms with van der Waals surface area (Å²) in [5.74, 6) is 0.567. The fourth-order valence-electron chi connectivity index (χ4n) is 2.65. The van der Waals surface area contributed by atoms with Crippen molar-refractivity contribution in [1.29, 1.82) is 0 Å². The van der Waals surface area contributed by atoms with Crippen molar-refractivity contribution in [2.75, 3.05) is 13.1 Å². The van der Waals surface area contributed by atoms with Gasteiger partial charge < -0.3 is 10.6 Å². The van der Waals surface area contributed by atoms with Crippen LogP contribution in [0, 0.1) is 12.8 Å². The molecule has 2 N–H and O–H groups in total. The molecule has 0 aliphatic carbocycles. The van der Waals surface area contributed by atoms with Crippen LogP contribution < -0.4 is 5.73 Å². The molecular weight excluding hydrogens is 304 g/mol. The average Bonchev–Trinajstić information content (AvgIpc) is 2.42. The molecule has 0 aromatic heterocycles. The van der Waals surface area contributed by atoms with Crippen LogP contribution in [0.5, 0.6) is 0 Å². The van der Waals surface area contributed by atoms with Gasteiger partial charge in [-0.2, -0.15) is 0 Å². The third kappa shape index (κ3) is 3.00. The first-order valence-electron chi connectivity index (χ1n) is 6.80. The zero-order valence-electron chi connectivity index (χ0n) is 11.5. The summed E-state index contributed by atoms with van der Waals surface area (Å²) in [6, 6.07) is 6.09. The Bertz CT molecular complexity index is 475. The van der Waals surface area contributed by atoms with E-state index in [9.17, 15) is 4.79 Å². The molecule has 0 bridgehead atoms. The van der Waals surface area contributed by atoms with E-state index in [0.29, 0.717) is 18.5 Å². The Balaban J connectivity index is 2.24. The molecule has 0 saturated carbocycles. The van der Waals surface area contributed by atoms with Crippen LogP contribution in [0.15, 0.2) is 22.7 Å². The molecule has 1 fully saturated rings. The molecule has 1 amide bonds. The summed E-state index contributed by atoms with van der Waals surface area (Å²) in [6.45, 7) is 5.54. The quantitative estimate of drug-likeness (QED) is 0.909. The molecule has 1 saturated heterocycles. The normalized spacial score (nSPS) is 23.5. The molecule has 1 aromatic carbocycles. The monoisotopic (exact) mass is 324 g/mol. The second-order valence-electron chi connectivity index (χ2n) is 5.40. The van der Waals surface area contributed by atoms with Gasteiger partial charge in [-0.3, -0.25) is 4.79 Å². The highest BCUT2D eigenvalue weighted by Crippen LogP contribution is 2.26. The van der Waals surface area contributed by atoms with E-state index in [4.69, 9.17) is 5.73 Å². The summed E-state index contributed by atoms with van der Waals surface area (Å²) in [7, 11) is 0. The summed E-state index contributed by atoms with van der Waals surface area (Å²) >= 11 is 3.49. The van der Waals surface area contributed by atoms with Crippen LogP contribution in [-0.4, -0.2) is 29.9 Å². The van der Waals surface area contributed by atoms with Gasteiger partial charge in [0.15, 0.2) is 0 Å². The zero-order chi connectivity index (χ0) is 14.0. The van der Waals surface area contributed by atoms with Crippen LogP contribution in [-0.2, 0) is 0 Å². The second-order valence-corrected chi connectivity index (χ2v) is 6.25. The van der Waals surface area contributed by atoms with Crippen LogP contribution in [0.3, 0.4) is 0 Å². The van der Waals surface area contributed by atoms with Crippen molar-refractivity contribution in [3.05, 3.63) is 33.8 Å². The number of benzene rings is 1.